The quantitative estimate of drug-likeness (QED) is 0.351. The Balaban J connectivity index is 2.13. The van der Waals surface area contributed by atoms with Gasteiger partial charge >= 0.3 is 5.97 Å². The Labute approximate surface area is 191 Å². The topological polar surface area (TPSA) is 94.2 Å². The lowest BCUT2D eigenvalue weighted by Gasteiger charge is -2.35. The summed E-state index contributed by atoms with van der Waals surface area (Å²) >= 11 is 3.40. The van der Waals surface area contributed by atoms with Crippen LogP contribution in [0.15, 0.2) is 22.7 Å². The number of halogens is 1. The van der Waals surface area contributed by atoms with Crippen LogP contribution in [0.1, 0.15) is 49.4 Å². The second-order valence-electron chi connectivity index (χ2n) is 7.27. The van der Waals surface area contributed by atoms with E-state index in [2.05, 4.69) is 28.2 Å². The maximum absolute atomic E-state index is 13.4. The van der Waals surface area contributed by atoms with E-state index in [1.165, 1.54) is 12.0 Å². The van der Waals surface area contributed by atoms with Crippen LogP contribution in [0, 0.1) is 0 Å². The first-order valence-electron chi connectivity index (χ1n) is 10.6. The number of nitrogens with zero attached hydrogens (tertiary/aromatic N) is 1. The minimum atomic E-state index is -0.937. The van der Waals surface area contributed by atoms with Gasteiger partial charge in [0.1, 0.15) is 18.4 Å². The molecule has 1 fully saturated rings. The zero-order valence-corrected chi connectivity index (χ0v) is 19.7. The molecule has 8 nitrogen and oxygen atoms in total. The molecule has 1 heterocycles. The van der Waals surface area contributed by atoms with Crippen LogP contribution in [-0.2, 0) is 19.1 Å². The molecule has 0 saturated carbocycles. The summed E-state index contributed by atoms with van der Waals surface area (Å²) in [7, 11) is 1.50. The lowest BCUT2D eigenvalue weighted by molar-refractivity contribution is -0.148. The Kier molecular flexibility index (Phi) is 10.8. The van der Waals surface area contributed by atoms with Gasteiger partial charge in [0.25, 0.3) is 5.91 Å². The van der Waals surface area contributed by atoms with Crippen LogP contribution in [0.5, 0.6) is 5.75 Å². The second kappa shape index (κ2) is 13.3. The normalized spacial score (nSPS) is 16.0. The van der Waals surface area contributed by atoms with E-state index in [4.69, 9.17) is 14.2 Å². The van der Waals surface area contributed by atoms with Crippen molar-refractivity contribution in [2.24, 2.45) is 0 Å². The third-order valence-corrected chi connectivity index (χ3v) is 5.42. The molecule has 1 unspecified atom stereocenters. The van der Waals surface area contributed by atoms with Crippen molar-refractivity contribution in [2.45, 2.75) is 45.1 Å². The average molecular weight is 499 g/mol. The number of amides is 2. The predicted molar refractivity (Wildman–Crippen MR) is 119 cm³/mol. The van der Waals surface area contributed by atoms with E-state index >= 15 is 0 Å². The van der Waals surface area contributed by atoms with Gasteiger partial charge in [0.15, 0.2) is 0 Å². The van der Waals surface area contributed by atoms with Crippen molar-refractivity contribution in [3.63, 3.8) is 0 Å². The number of hydrogen-bond acceptors (Lipinski definition) is 6. The van der Waals surface area contributed by atoms with Crippen molar-refractivity contribution < 1.29 is 28.6 Å². The smallest absolute Gasteiger partial charge is 0.308 e. The maximum Gasteiger partial charge on any atom is 0.308 e. The number of methoxy groups -OCH3 is 1. The van der Waals surface area contributed by atoms with Crippen LogP contribution < -0.4 is 10.1 Å². The van der Waals surface area contributed by atoms with Crippen LogP contribution in [-0.4, -0.2) is 68.7 Å². The molecule has 1 aromatic carbocycles. The van der Waals surface area contributed by atoms with Gasteiger partial charge in [-0.25, -0.2) is 0 Å². The highest BCUT2D eigenvalue weighted by atomic mass is 79.9. The van der Waals surface area contributed by atoms with E-state index < -0.39 is 12.0 Å². The van der Waals surface area contributed by atoms with Crippen molar-refractivity contribution >= 4 is 33.7 Å². The zero-order chi connectivity index (χ0) is 22.6. The Morgan fingerprint density at radius 3 is 2.74 bits per heavy atom. The first-order valence-corrected chi connectivity index (χ1v) is 11.4. The van der Waals surface area contributed by atoms with Crippen LogP contribution in [0.3, 0.4) is 0 Å². The molecule has 1 atom stereocenters. The summed E-state index contributed by atoms with van der Waals surface area (Å²) in [6.45, 7) is 3.63. The van der Waals surface area contributed by atoms with Crippen molar-refractivity contribution in [2.75, 3.05) is 40.0 Å². The van der Waals surface area contributed by atoms with Crippen LogP contribution in [0.4, 0.5) is 0 Å². The van der Waals surface area contributed by atoms with Crippen LogP contribution >= 0.6 is 15.9 Å². The summed E-state index contributed by atoms with van der Waals surface area (Å²) in [5, 5.41) is 2.72. The molecular weight excluding hydrogens is 468 g/mol. The van der Waals surface area contributed by atoms with Gasteiger partial charge in [0.2, 0.25) is 5.91 Å². The number of benzene rings is 1. The Morgan fingerprint density at radius 1 is 1.19 bits per heavy atom. The Morgan fingerprint density at radius 2 is 2.00 bits per heavy atom. The number of carbonyl (C=O) groups excluding carboxylic acids is 3. The second-order valence-corrected chi connectivity index (χ2v) is 8.19. The molecule has 1 aliphatic rings. The molecule has 0 spiro atoms. The SMILES string of the molecule is CCCCCCOc1ccc(Br)cc1C(=O)N1CCNC(=O)C1CC(=O)OCCOC. The summed E-state index contributed by atoms with van der Waals surface area (Å²) in [6.07, 6.45) is 4.02. The van der Waals surface area contributed by atoms with Gasteiger partial charge in [-0.2, -0.15) is 0 Å². The molecule has 31 heavy (non-hydrogen) atoms. The molecule has 1 aromatic rings. The van der Waals surface area contributed by atoms with E-state index in [9.17, 15) is 14.4 Å². The highest BCUT2D eigenvalue weighted by Crippen LogP contribution is 2.27. The van der Waals surface area contributed by atoms with E-state index in [0.29, 0.717) is 31.0 Å². The summed E-state index contributed by atoms with van der Waals surface area (Å²) in [5.74, 6) is -0.814. The number of carbonyl (C=O) groups is 3. The largest absolute Gasteiger partial charge is 0.493 e. The highest BCUT2D eigenvalue weighted by Gasteiger charge is 2.36. The Bertz CT molecular complexity index is 758. The van der Waals surface area contributed by atoms with Crippen LogP contribution in [0.25, 0.3) is 0 Å². The molecule has 1 saturated heterocycles. The van der Waals surface area contributed by atoms with Gasteiger partial charge in [-0.05, 0) is 24.6 Å². The van der Waals surface area contributed by atoms with Gasteiger partial charge in [-0.3, -0.25) is 14.4 Å². The van der Waals surface area contributed by atoms with E-state index in [1.807, 2.05) is 6.07 Å². The minimum Gasteiger partial charge on any atom is -0.493 e. The molecule has 0 aliphatic carbocycles. The van der Waals surface area contributed by atoms with Crippen molar-refractivity contribution in [1.29, 1.82) is 0 Å². The summed E-state index contributed by atoms with van der Waals surface area (Å²) in [5.41, 5.74) is 0.359. The standard InChI is InChI=1S/C22H31BrN2O6/c1-3-4-5-6-11-30-19-8-7-16(23)14-17(19)22(28)25-10-9-24-21(27)18(25)15-20(26)31-13-12-29-2/h7-8,14,18H,3-6,9-13,15H2,1-2H3,(H,24,27). The molecular formula is C22H31BrN2O6. The molecule has 172 valence electrons. The molecule has 1 N–H and O–H groups in total. The number of rotatable bonds is 12. The third kappa shape index (κ3) is 7.81. The number of hydrogen-bond donors (Lipinski definition) is 1. The molecule has 1 aliphatic heterocycles. The monoisotopic (exact) mass is 498 g/mol. The lowest BCUT2D eigenvalue weighted by atomic mass is 10.1. The van der Waals surface area contributed by atoms with Crippen molar-refractivity contribution in [3.8, 4) is 5.75 Å². The zero-order valence-electron chi connectivity index (χ0n) is 18.2. The molecule has 0 bridgehead atoms. The van der Waals surface area contributed by atoms with Crippen molar-refractivity contribution in [1.82, 2.24) is 10.2 Å². The summed E-state index contributed by atoms with van der Waals surface area (Å²) in [4.78, 5) is 39.4. The number of piperazine rings is 1. The van der Waals surface area contributed by atoms with Crippen molar-refractivity contribution in [3.05, 3.63) is 28.2 Å². The summed E-state index contributed by atoms with van der Waals surface area (Å²) < 4.78 is 16.6. The highest BCUT2D eigenvalue weighted by molar-refractivity contribution is 9.10. The number of ether oxygens (including phenoxy) is 3. The number of esters is 1. The summed E-state index contributed by atoms with van der Waals surface area (Å²) in [6, 6.07) is 4.30. The average Bonchev–Trinajstić information content (AvgIpc) is 2.75. The molecule has 0 radical (unpaired) electrons. The molecule has 2 amide bonds. The molecule has 9 heteroatoms. The predicted octanol–water partition coefficient (Wildman–Crippen LogP) is 2.93. The first kappa shape index (κ1) is 25.1. The fourth-order valence-electron chi connectivity index (χ4n) is 3.28. The first-order chi connectivity index (χ1) is 15.0. The minimum absolute atomic E-state index is 0.0965. The van der Waals surface area contributed by atoms with E-state index in [1.54, 1.807) is 12.1 Å². The Hall–Kier alpha value is -2.13. The van der Waals surface area contributed by atoms with Gasteiger partial charge in [-0.1, -0.05) is 42.1 Å². The van der Waals surface area contributed by atoms with Gasteiger partial charge in [0, 0.05) is 24.7 Å². The fraction of sp³-hybridized carbons (Fsp3) is 0.591. The van der Waals surface area contributed by atoms with Crippen LogP contribution in [0.2, 0.25) is 0 Å². The van der Waals surface area contributed by atoms with Gasteiger partial charge < -0.3 is 24.4 Å². The van der Waals surface area contributed by atoms with E-state index in [-0.39, 0.29) is 31.4 Å². The lowest BCUT2D eigenvalue weighted by Crippen LogP contribution is -2.57. The third-order valence-electron chi connectivity index (χ3n) is 4.93. The van der Waals surface area contributed by atoms with E-state index in [0.717, 1.165) is 30.2 Å². The fourth-order valence-corrected chi connectivity index (χ4v) is 3.64. The molecule has 2 rings (SSSR count). The molecule has 0 aromatic heterocycles. The maximum atomic E-state index is 13.4. The number of nitrogens with one attached hydrogen (secondary N) is 1. The van der Waals surface area contributed by atoms with Gasteiger partial charge in [-0.15, -0.1) is 0 Å². The van der Waals surface area contributed by atoms with Gasteiger partial charge in [0.05, 0.1) is 25.2 Å². The number of unbranched alkanes of at least 4 members (excludes halogenated alkanes) is 3.